The fraction of sp³-hybridized carbons (Fsp3) is 0.875. The van der Waals surface area contributed by atoms with E-state index < -0.39 is 0 Å². The zero-order valence-electron chi connectivity index (χ0n) is 14.2. The van der Waals surface area contributed by atoms with E-state index in [-0.39, 0.29) is 0 Å². The highest BCUT2D eigenvalue weighted by molar-refractivity contribution is 4.90. The third kappa shape index (κ3) is 4.51. The van der Waals surface area contributed by atoms with Gasteiger partial charge in [0.05, 0.1) is 6.54 Å². The van der Waals surface area contributed by atoms with E-state index >= 15 is 0 Å². The fourth-order valence-electron chi connectivity index (χ4n) is 3.15. The van der Waals surface area contributed by atoms with Crippen LogP contribution in [0.3, 0.4) is 0 Å². The summed E-state index contributed by atoms with van der Waals surface area (Å²) in [4.78, 5) is 7.04. The summed E-state index contributed by atoms with van der Waals surface area (Å²) in [6.45, 7) is 14.4. The van der Waals surface area contributed by atoms with E-state index in [1.165, 1.54) is 12.8 Å². The van der Waals surface area contributed by atoms with E-state index in [0.29, 0.717) is 18.1 Å². The number of nitrogens with zero attached hydrogens (tertiary/aromatic N) is 4. The van der Waals surface area contributed by atoms with E-state index in [1.54, 1.807) is 6.33 Å². The van der Waals surface area contributed by atoms with Crippen LogP contribution in [0.5, 0.6) is 0 Å². The van der Waals surface area contributed by atoms with Crippen molar-refractivity contribution in [2.45, 2.75) is 72.1 Å². The summed E-state index contributed by atoms with van der Waals surface area (Å²) in [5.41, 5.74) is 0. The van der Waals surface area contributed by atoms with Gasteiger partial charge in [-0.1, -0.05) is 13.8 Å². The van der Waals surface area contributed by atoms with Crippen LogP contribution in [0.15, 0.2) is 6.33 Å². The molecular weight excluding hydrogens is 262 g/mol. The first-order chi connectivity index (χ1) is 9.97. The summed E-state index contributed by atoms with van der Waals surface area (Å²) in [5.74, 6) is 1.82. The second-order valence-electron chi connectivity index (χ2n) is 7.06. The van der Waals surface area contributed by atoms with Gasteiger partial charge in [0.25, 0.3) is 0 Å². The molecule has 1 saturated heterocycles. The van der Waals surface area contributed by atoms with Gasteiger partial charge in [0.2, 0.25) is 0 Å². The predicted octanol–water partition coefficient (Wildman–Crippen LogP) is 2.46. The predicted molar refractivity (Wildman–Crippen MR) is 86.1 cm³/mol. The first-order valence-corrected chi connectivity index (χ1v) is 8.33. The summed E-state index contributed by atoms with van der Waals surface area (Å²) in [6, 6.07) is 1.55. The Bertz CT molecular complexity index is 426. The number of hydrogen-bond acceptors (Lipinski definition) is 4. The number of hydrogen-bond donors (Lipinski definition) is 1. The number of aromatic nitrogens is 3. The quantitative estimate of drug-likeness (QED) is 0.906. The van der Waals surface area contributed by atoms with Crippen molar-refractivity contribution in [2.24, 2.45) is 5.92 Å². The van der Waals surface area contributed by atoms with Crippen molar-refractivity contribution in [1.82, 2.24) is 25.0 Å². The lowest BCUT2D eigenvalue weighted by Crippen LogP contribution is -2.40. The van der Waals surface area contributed by atoms with Crippen LogP contribution in [0.1, 0.15) is 59.3 Å². The molecule has 5 heteroatoms. The molecule has 21 heavy (non-hydrogen) atoms. The van der Waals surface area contributed by atoms with E-state index in [4.69, 9.17) is 0 Å². The minimum absolute atomic E-state index is 0.370. The van der Waals surface area contributed by atoms with E-state index in [2.05, 4.69) is 54.9 Å². The van der Waals surface area contributed by atoms with Crippen molar-refractivity contribution >= 4 is 0 Å². The Morgan fingerprint density at radius 1 is 1.33 bits per heavy atom. The molecule has 0 aromatic carbocycles. The normalized spacial score (nSPS) is 24.7. The third-order valence-corrected chi connectivity index (χ3v) is 4.31. The van der Waals surface area contributed by atoms with Crippen molar-refractivity contribution < 1.29 is 0 Å². The Morgan fingerprint density at radius 2 is 2.10 bits per heavy atom. The van der Waals surface area contributed by atoms with Crippen LogP contribution in [-0.2, 0) is 6.54 Å². The maximum atomic E-state index is 4.47. The molecule has 1 N–H and O–H groups in total. The number of rotatable bonds is 5. The van der Waals surface area contributed by atoms with Crippen LogP contribution in [0.4, 0.5) is 0 Å². The summed E-state index contributed by atoms with van der Waals surface area (Å²) in [5, 5.41) is 8.07. The molecule has 1 fully saturated rings. The molecule has 0 bridgehead atoms. The zero-order valence-corrected chi connectivity index (χ0v) is 14.2. The van der Waals surface area contributed by atoms with E-state index in [1.807, 2.05) is 4.68 Å². The lowest BCUT2D eigenvalue weighted by molar-refractivity contribution is 0.181. The van der Waals surface area contributed by atoms with Gasteiger partial charge in [-0.25, -0.2) is 9.67 Å². The summed E-state index contributed by atoms with van der Waals surface area (Å²) in [6.07, 6.45) is 4.12. The van der Waals surface area contributed by atoms with Gasteiger partial charge in [0.15, 0.2) is 0 Å². The minimum atomic E-state index is 0.370. The molecule has 2 unspecified atom stereocenters. The van der Waals surface area contributed by atoms with Gasteiger partial charge in [0, 0.05) is 24.7 Å². The molecule has 0 radical (unpaired) electrons. The zero-order chi connectivity index (χ0) is 15.4. The Labute approximate surface area is 129 Å². The maximum absolute atomic E-state index is 4.47. The summed E-state index contributed by atoms with van der Waals surface area (Å²) in [7, 11) is 0. The Morgan fingerprint density at radius 3 is 2.76 bits per heavy atom. The smallest absolute Gasteiger partial charge is 0.141 e. The Balaban J connectivity index is 2.06. The molecule has 120 valence electrons. The average Bonchev–Trinajstić information content (AvgIpc) is 2.78. The molecule has 0 saturated carbocycles. The largest absolute Gasteiger partial charge is 0.313 e. The highest BCUT2D eigenvalue weighted by Crippen LogP contribution is 2.17. The first kappa shape index (κ1) is 16.4. The van der Waals surface area contributed by atoms with Crippen LogP contribution < -0.4 is 5.32 Å². The van der Waals surface area contributed by atoms with Gasteiger partial charge in [-0.15, -0.1) is 0 Å². The van der Waals surface area contributed by atoms with Crippen molar-refractivity contribution in [3.8, 4) is 0 Å². The summed E-state index contributed by atoms with van der Waals surface area (Å²) < 4.78 is 2.04. The monoisotopic (exact) mass is 293 g/mol. The third-order valence-electron chi connectivity index (χ3n) is 4.31. The highest BCUT2D eigenvalue weighted by atomic mass is 15.4. The lowest BCUT2D eigenvalue weighted by atomic mass is 10.0. The minimum Gasteiger partial charge on any atom is -0.313 e. The highest BCUT2D eigenvalue weighted by Gasteiger charge is 2.25. The molecule has 0 aliphatic carbocycles. The molecule has 2 rings (SSSR count). The molecule has 1 aromatic heterocycles. The topological polar surface area (TPSA) is 46.0 Å². The van der Waals surface area contributed by atoms with Crippen molar-refractivity contribution in [1.29, 1.82) is 0 Å². The van der Waals surface area contributed by atoms with Crippen LogP contribution in [0.25, 0.3) is 0 Å². The van der Waals surface area contributed by atoms with Gasteiger partial charge in [-0.3, -0.25) is 4.90 Å². The standard InChI is InChI=1S/C16H31N5/c1-12(2)8-15-9-20(14(5)6-7-17-15)10-16-18-11-19-21(16)13(3)4/h11-15,17H,6-10H2,1-5H3. The Hall–Kier alpha value is -0.940. The molecular formula is C16H31N5. The van der Waals surface area contributed by atoms with Gasteiger partial charge in [-0.05, 0) is 46.1 Å². The second kappa shape index (κ2) is 7.36. The molecule has 1 aliphatic rings. The molecule has 1 aliphatic heterocycles. The molecule has 0 amide bonds. The van der Waals surface area contributed by atoms with Crippen LogP contribution in [-0.4, -0.2) is 44.8 Å². The van der Waals surface area contributed by atoms with E-state index in [9.17, 15) is 0 Å². The van der Waals surface area contributed by atoms with Gasteiger partial charge in [-0.2, -0.15) is 5.10 Å². The summed E-state index contributed by atoms with van der Waals surface area (Å²) >= 11 is 0. The van der Waals surface area contributed by atoms with Crippen LogP contribution in [0, 0.1) is 5.92 Å². The lowest BCUT2D eigenvalue weighted by Gasteiger charge is -2.29. The fourth-order valence-corrected chi connectivity index (χ4v) is 3.15. The molecule has 2 heterocycles. The van der Waals surface area contributed by atoms with Crippen LogP contribution in [0.2, 0.25) is 0 Å². The average molecular weight is 293 g/mol. The van der Waals surface area contributed by atoms with E-state index in [0.717, 1.165) is 31.4 Å². The molecule has 0 spiro atoms. The van der Waals surface area contributed by atoms with Crippen molar-refractivity contribution in [3.63, 3.8) is 0 Å². The molecule has 5 nitrogen and oxygen atoms in total. The van der Waals surface area contributed by atoms with Crippen molar-refractivity contribution in [2.75, 3.05) is 13.1 Å². The molecule has 1 aromatic rings. The molecule has 2 atom stereocenters. The maximum Gasteiger partial charge on any atom is 0.141 e. The second-order valence-corrected chi connectivity index (χ2v) is 7.06. The van der Waals surface area contributed by atoms with Gasteiger partial charge >= 0.3 is 0 Å². The number of nitrogens with one attached hydrogen (secondary N) is 1. The van der Waals surface area contributed by atoms with Crippen molar-refractivity contribution in [3.05, 3.63) is 12.2 Å². The SMILES string of the molecule is CC(C)CC1CN(Cc2ncnn2C(C)C)C(C)CCN1. The first-order valence-electron chi connectivity index (χ1n) is 8.33. The Kier molecular flexibility index (Phi) is 5.76. The van der Waals surface area contributed by atoms with Gasteiger partial charge < -0.3 is 5.32 Å². The van der Waals surface area contributed by atoms with Gasteiger partial charge in [0.1, 0.15) is 12.2 Å². The van der Waals surface area contributed by atoms with Crippen LogP contribution >= 0.6 is 0 Å².